The summed E-state index contributed by atoms with van der Waals surface area (Å²) in [5, 5.41) is 15.2. The zero-order valence-corrected chi connectivity index (χ0v) is 14.5. The van der Waals surface area contributed by atoms with E-state index in [1.807, 2.05) is 36.1 Å². The van der Waals surface area contributed by atoms with Crippen molar-refractivity contribution in [1.29, 1.82) is 0 Å². The van der Waals surface area contributed by atoms with Gasteiger partial charge in [0.2, 0.25) is 0 Å². The van der Waals surface area contributed by atoms with Crippen molar-refractivity contribution in [2.75, 3.05) is 24.7 Å². The zero-order chi connectivity index (χ0) is 17.2. The van der Waals surface area contributed by atoms with E-state index < -0.39 is 0 Å². The summed E-state index contributed by atoms with van der Waals surface area (Å²) in [6, 6.07) is 7.49. The molecule has 1 saturated heterocycles. The van der Waals surface area contributed by atoms with Gasteiger partial charge in [0, 0.05) is 35.0 Å². The Morgan fingerprint density at radius 1 is 1.44 bits per heavy atom. The van der Waals surface area contributed by atoms with Crippen LogP contribution in [0, 0.1) is 0 Å². The van der Waals surface area contributed by atoms with E-state index >= 15 is 0 Å². The monoisotopic (exact) mass is 358 g/mol. The molecule has 1 unspecified atom stereocenters. The molecule has 130 valence electrons. The third-order valence-corrected chi connectivity index (χ3v) is 5.21. The number of H-pyrrole nitrogens is 2. The fourth-order valence-corrected chi connectivity index (χ4v) is 4.05. The third kappa shape index (κ3) is 3.07. The molecule has 1 aliphatic heterocycles. The van der Waals surface area contributed by atoms with E-state index in [2.05, 4.69) is 25.6 Å². The molecule has 0 saturated carbocycles. The predicted molar refractivity (Wildman–Crippen MR) is 94.7 cm³/mol. The van der Waals surface area contributed by atoms with Gasteiger partial charge in [0.05, 0.1) is 6.61 Å². The molecular weight excluding hydrogens is 340 g/mol. The highest BCUT2D eigenvalue weighted by molar-refractivity contribution is 7.99. The number of aromatic nitrogens is 5. The lowest BCUT2D eigenvalue weighted by molar-refractivity contribution is 0.0689. The van der Waals surface area contributed by atoms with Crippen molar-refractivity contribution in [3.8, 4) is 5.75 Å². The van der Waals surface area contributed by atoms with E-state index in [9.17, 15) is 4.79 Å². The van der Waals surface area contributed by atoms with Gasteiger partial charge in [-0.25, -0.2) is 0 Å². The molecule has 1 atom stereocenters. The van der Waals surface area contributed by atoms with Gasteiger partial charge in [-0.1, -0.05) is 5.21 Å². The summed E-state index contributed by atoms with van der Waals surface area (Å²) in [4.78, 5) is 18.1. The maximum atomic E-state index is 13.1. The van der Waals surface area contributed by atoms with Crippen LogP contribution in [0.1, 0.15) is 29.3 Å². The molecule has 0 bridgehead atoms. The van der Waals surface area contributed by atoms with Crippen LogP contribution in [0.4, 0.5) is 0 Å². The summed E-state index contributed by atoms with van der Waals surface area (Å²) in [6.45, 7) is 3.21. The summed E-state index contributed by atoms with van der Waals surface area (Å²) in [6.07, 6.45) is 0. The molecule has 0 aliphatic carbocycles. The first-order valence-corrected chi connectivity index (χ1v) is 9.29. The quantitative estimate of drug-likeness (QED) is 0.740. The smallest absolute Gasteiger partial charge is 0.270 e. The van der Waals surface area contributed by atoms with Crippen LogP contribution in [0.25, 0.3) is 10.9 Å². The Hall–Kier alpha value is -2.55. The van der Waals surface area contributed by atoms with E-state index in [0.717, 1.165) is 28.2 Å². The second-order valence-electron chi connectivity index (χ2n) is 5.72. The molecule has 9 heteroatoms. The number of nitrogens with zero attached hydrogens (tertiary/aromatic N) is 4. The van der Waals surface area contributed by atoms with Crippen LogP contribution >= 0.6 is 11.8 Å². The van der Waals surface area contributed by atoms with Gasteiger partial charge in [-0.15, -0.1) is 10.2 Å². The number of hydrogen-bond acceptors (Lipinski definition) is 6. The minimum atomic E-state index is -0.171. The Labute approximate surface area is 148 Å². The van der Waals surface area contributed by atoms with Gasteiger partial charge in [-0.3, -0.25) is 4.79 Å². The fraction of sp³-hybridized carbons (Fsp3) is 0.375. The van der Waals surface area contributed by atoms with E-state index in [1.165, 1.54) is 0 Å². The van der Waals surface area contributed by atoms with Crippen molar-refractivity contribution >= 4 is 28.6 Å². The Morgan fingerprint density at radius 2 is 2.36 bits per heavy atom. The number of tetrazole rings is 1. The Morgan fingerprint density at radius 3 is 3.16 bits per heavy atom. The molecule has 1 aromatic carbocycles. The lowest BCUT2D eigenvalue weighted by Crippen LogP contribution is -2.41. The first-order chi connectivity index (χ1) is 12.3. The van der Waals surface area contributed by atoms with Gasteiger partial charge in [0.1, 0.15) is 17.5 Å². The van der Waals surface area contributed by atoms with Crippen LogP contribution in [-0.2, 0) is 0 Å². The number of thioether (sulfide) groups is 1. The van der Waals surface area contributed by atoms with Crippen molar-refractivity contribution < 1.29 is 9.53 Å². The van der Waals surface area contributed by atoms with E-state index in [1.54, 1.807) is 11.8 Å². The highest BCUT2D eigenvalue weighted by Gasteiger charge is 2.32. The number of benzene rings is 1. The standard InChI is InChI=1S/C16H18N6O2S/c1-2-24-11-4-3-10-7-13(17-12(10)8-11)16(23)22-5-6-25-9-14(22)15-18-20-21-19-15/h3-4,7-8,14,17H,2,5-6,9H2,1H3,(H,18,19,20,21). The Bertz CT molecular complexity index is 878. The predicted octanol–water partition coefficient (Wildman–Crippen LogP) is 2.01. The molecule has 4 rings (SSSR count). The van der Waals surface area contributed by atoms with Crippen molar-refractivity contribution in [2.24, 2.45) is 0 Å². The number of carbonyl (C=O) groups excluding carboxylic acids is 1. The Balaban J connectivity index is 1.63. The summed E-state index contributed by atoms with van der Waals surface area (Å²) in [5.74, 6) is 2.95. The third-order valence-electron chi connectivity index (χ3n) is 4.18. The minimum absolute atomic E-state index is 0.0516. The van der Waals surface area contributed by atoms with Gasteiger partial charge in [-0.2, -0.15) is 17.0 Å². The normalized spacial score (nSPS) is 17.8. The molecule has 1 amide bonds. The zero-order valence-electron chi connectivity index (χ0n) is 13.7. The number of nitrogens with one attached hydrogen (secondary N) is 2. The van der Waals surface area contributed by atoms with Crippen LogP contribution < -0.4 is 4.74 Å². The van der Waals surface area contributed by atoms with Crippen molar-refractivity contribution in [2.45, 2.75) is 13.0 Å². The van der Waals surface area contributed by atoms with Crippen molar-refractivity contribution in [3.05, 3.63) is 35.8 Å². The number of ether oxygens (including phenoxy) is 1. The maximum absolute atomic E-state index is 13.1. The largest absolute Gasteiger partial charge is 0.494 e. The molecule has 0 spiro atoms. The first-order valence-electron chi connectivity index (χ1n) is 8.14. The number of hydrogen-bond donors (Lipinski definition) is 2. The molecule has 3 heterocycles. The molecule has 0 radical (unpaired) electrons. The molecule has 8 nitrogen and oxygen atoms in total. The second kappa shape index (κ2) is 6.75. The average molecular weight is 358 g/mol. The molecule has 1 fully saturated rings. The van der Waals surface area contributed by atoms with Gasteiger partial charge in [-0.05, 0) is 25.1 Å². The van der Waals surface area contributed by atoms with Crippen LogP contribution in [-0.4, -0.2) is 61.1 Å². The number of carbonyl (C=O) groups is 1. The lowest BCUT2D eigenvalue weighted by atomic mass is 10.2. The highest BCUT2D eigenvalue weighted by Crippen LogP contribution is 2.29. The van der Waals surface area contributed by atoms with Gasteiger partial charge >= 0.3 is 0 Å². The van der Waals surface area contributed by atoms with E-state index in [4.69, 9.17) is 4.74 Å². The van der Waals surface area contributed by atoms with Gasteiger partial charge < -0.3 is 14.6 Å². The number of rotatable bonds is 4. The number of amides is 1. The summed E-state index contributed by atoms with van der Waals surface area (Å²) >= 11 is 1.79. The first kappa shape index (κ1) is 15.9. The van der Waals surface area contributed by atoms with Crippen LogP contribution in [0.3, 0.4) is 0 Å². The summed E-state index contributed by atoms with van der Waals surface area (Å²) in [7, 11) is 0. The highest BCUT2D eigenvalue weighted by atomic mass is 32.2. The molecule has 25 heavy (non-hydrogen) atoms. The van der Waals surface area contributed by atoms with Gasteiger partial charge in [0.25, 0.3) is 5.91 Å². The van der Waals surface area contributed by atoms with Crippen molar-refractivity contribution in [3.63, 3.8) is 0 Å². The number of aromatic amines is 2. The van der Waals surface area contributed by atoms with Crippen LogP contribution in [0.2, 0.25) is 0 Å². The summed E-state index contributed by atoms with van der Waals surface area (Å²) < 4.78 is 5.52. The average Bonchev–Trinajstić information content (AvgIpc) is 3.31. The van der Waals surface area contributed by atoms with E-state index in [-0.39, 0.29) is 11.9 Å². The lowest BCUT2D eigenvalue weighted by Gasteiger charge is -2.33. The molecular formula is C16H18N6O2S. The molecule has 3 aromatic rings. The molecule has 2 N–H and O–H groups in total. The topological polar surface area (TPSA) is 99.8 Å². The maximum Gasteiger partial charge on any atom is 0.270 e. The molecule has 1 aliphatic rings. The van der Waals surface area contributed by atoms with Crippen LogP contribution in [0.5, 0.6) is 5.75 Å². The second-order valence-corrected chi connectivity index (χ2v) is 6.87. The van der Waals surface area contributed by atoms with Gasteiger partial charge in [0.15, 0.2) is 5.82 Å². The fourth-order valence-electron chi connectivity index (χ4n) is 3.00. The minimum Gasteiger partial charge on any atom is -0.494 e. The molecule has 2 aromatic heterocycles. The Kier molecular flexibility index (Phi) is 4.31. The SMILES string of the molecule is CCOc1ccc2cc(C(=O)N3CCSCC3c3nn[nH]n3)[nH]c2c1. The summed E-state index contributed by atoms with van der Waals surface area (Å²) in [5.41, 5.74) is 1.45. The number of fused-ring (bicyclic) bond motifs is 1. The van der Waals surface area contributed by atoms with Crippen molar-refractivity contribution in [1.82, 2.24) is 30.5 Å². The van der Waals surface area contributed by atoms with Crippen LogP contribution in [0.15, 0.2) is 24.3 Å². The van der Waals surface area contributed by atoms with E-state index in [0.29, 0.717) is 24.7 Å².